The number of benzene rings is 2. The summed E-state index contributed by atoms with van der Waals surface area (Å²) in [6.45, 7) is 4.06. The van der Waals surface area contributed by atoms with Crippen molar-refractivity contribution in [1.29, 1.82) is 0 Å². The van der Waals surface area contributed by atoms with Crippen molar-refractivity contribution in [1.82, 2.24) is 10.2 Å². The van der Waals surface area contributed by atoms with Crippen LogP contribution in [-0.4, -0.2) is 30.1 Å². The van der Waals surface area contributed by atoms with Crippen LogP contribution in [0.1, 0.15) is 30.4 Å². The van der Waals surface area contributed by atoms with E-state index in [4.69, 9.17) is 4.74 Å². The summed E-state index contributed by atoms with van der Waals surface area (Å²) in [5.74, 6) is 0.944. The predicted molar refractivity (Wildman–Crippen MR) is 97.1 cm³/mol. The van der Waals surface area contributed by atoms with Crippen molar-refractivity contribution in [2.45, 2.75) is 44.5 Å². The van der Waals surface area contributed by atoms with Crippen LogP contribution in [0, 0.1) is 0 Å². The maximum atomic E-state index is 5.87. The molecule has 2 unspecified atom stereocenters. The molecular weight excluding hydrogens is 296 g/mol. The third kappa shape index (κ3) is 3.97. The summed E-state index contributed by atoms with van der Waals surface area (Å²) >= 11 is 0. The third-order valence-corrected chi connectivity index (χ3v) is 5.19. The van der Waals surface area contributed by atoms with Gasteiger partial charge in [0.25, 0.3) is 0 Å². The highest BCUT2D eigenvalue weighted by Crippen LogP contribution is 2.22. The second kappa shape index (κ2) is 7.37. The Kier molecular flexibility index (Phi) is 4.81. The summed E-state index contributed by atoms with van der Waals surface area (Å²) < 4.78 is 5.87. The minimum absolute atomic E-state index is 0.626. The molecular formula is C21H26N2O. The van der Waals surface area contributed by atoms with Crippen LogP contribution < -0.4 is 10.1 Å². The fourth-order valence-electron chi connectivity index (χ4n) is 3.85. The van der Waals surface area contributed by atoms with Gasteiger partial charge in [-0.2, -0.15) is 0 Å². The monoisotopic (exact) mass is 322 g/mol. The second-order valence-corrected chi connectivity index (χ2v) is 7.08. The molecule has 2 fully saturated rings. The SMILES string of the molecule is c1ccc(COc2ccc(CN3CCC4CCC(C3)N4)cc2)cc1. The highest BCUT2D eigenvalue weighted by molar-refractivity contribution is 5.28. The molecule has 1 N–H and O–H groups in total. The molecule has 2 saturated heterocycles. The van der Waals surface area contributed by atoms with Gasteiger partial charge in [-0.1, -0.05) is 42.5 Å². The maximum absolute atomic E-state index is 5.87. The van der Waals surface area contributed by atoms with E-state index in [0.29, 0.717) is 12.6 Å². The van der Waals surface area contributed by atoms with Gasteiger partial charge in [0.2, 0.25) is 0 Å². The average molecular weight is 322 g/mol. The Morgan fingerprint density at radius 3 is 2.50 bits per heavy atom. The van der Waals surface area contributed by atoms with Crippen molar-refractivity contribution in [2.24, 2.45) is 0 Å². The van der Waals surface area contributed by atoms with Gasteiger partial charge in [0, 0.05) is 31.7 Å². The number of nitrogens with one attached hydrogen (secondary N) is 1. The smallest absolute Gasteiger partial charge is 0.119 e. The first-order valence-electron chi connectivity index (χ1n) is 9.09. The molecule has 0 saturated carbocycles. The molecule has 4 rings (SSSR count). The Morgan fingerprint density at radius 1 is 0.875 bits per heavy atom. The van der Waals surface area contributed by atoms with Crippen LogP contribution >= 0.6 is 0 Å². The lowest BCUT2D eigenvalue weighted by Gasteiger charge is -2.24. The van der Waals surface area contributed by atoms with Crippen molar-refractivity contribution in [2.75, 3.05) is 13.1 Å². The molecule has 2 aliphatic rings. The fraction of sp³-hybridized carbons (Fsp3) is 0.429. The third-order valence-electron chi connectivity index (χ3n) is 5.19. The van der Waals surface area contributed by atoms with Gasteiger partial charge in [0.1, 0.15) is 12.4 Å². The van der Waals surface area contributed by atoms with Crippen LogP contribution in [0.15, 0.2) is 54.6 Å². The minimum Gasteiger partial charge on any atom is -0.489 e. The number of hydrogen-bond acceptors (Lipinski definition) is 3. The van der Waals surface area contributed by atoms with Gasteiger partial charge in [0.05, 0.1) is 0 Å². The Hall–Kier alpha value is -1.84. The zero-order chi connectivity index (χ0) is 16.2. The molecule has 126 valence electrons. The largest absolute Gasteiger partial charge is 0.489 e. The van der Waals surface area contributed by atoms with Gasteiger partial charge in [-0.25, -0.2) is 0 Å². The number of likely N-dealkylation sites (tertiary alicyclic amines) is 1. The first kappa shape index (κ1) is 15.7. The van der Waals surface area contributed by atoms with Gasteiger partial charge in [-0.3, -0.25) is 4.90 Å². The van der Waals surface area contributed by atoms with E-state index in [1.54, 1.807) is 0 Å². The summed E-state index contributed by atoms with van der Waals surface area (Å²) in [6.07, 6.45) is 3.99. The molecule has 0 spiro atoms. The number of fused-ring (bicyclic) bond motifs is 2. The number of hydrogen-bond donors (Lipinski definition) is 1. The van der Waals surface area contributed by atoms with Gasteiger partial charge in [0.15, 0.2) is 0 Å². The summed E-state index contributed by atoms with van der Waals surface area (Å²) in [5, 5.41) is 3.75. The highest BCUT2D eigenvalue weighted by Gasteiger charge is 2.28. The quantitative estimate of drug-likeness (QED) is 0.910. The predicted octanol–water partition coefficient (Wildman–Crippen LogP) is 3.59. The van der Waals surface area contributed by atoms with E-state index < -0.39 is 0 Å². The van der Waals surface area contributed by atoms with E-state index in [0.717, 1.165) is 18.3 Å². The van der Waals surface area contributed by atoms with Gasteiger partial charge < -0.3 is 10.1 Å². The number of ether oxygens (including phenoxy) is 1. The zero-order valence-corrected chi connectivity index (χ0v) is 14.2. The Labute approximate surface area is 144 Å². The molecule has 2 aromatic carbocycles. The number of rotatable bonds is 5. The van der Waals surface area contributed by atoms with E-state index in [9.17, 15) is 0 Å². The lowest BCUT2D eigenvalue weighted by Crippen LogP contribution is -2.34. The fourth-order valence-corrected chi connectivity index (χ4v) is 3.85. The van der Waals surface area contributed by atoms with E-state index in [-0.39, 0.29) is 0 Å². The minimum atomic E-state index is 0.626. The van der Waals surface area contributed by atoms with E-state index >= 15 is 0 Å². The van der Waals surface area contributed by atoms with Crippen LogP contribution in [0.5, 0.6) is 5.75 Å². The molecule has 3 nitrogen and oxygen atoms in total. The molecule has 2 aromatic rings. The van der Waals surface area contributed by atoms with Crippen LogP contribution in [0.25, 0.3) is 0 Å². The topological polar surface area (TPSA) is 24.5 Å². The standard InChI is InChI=1S/C21H26N2O/c1-2-4-18(5-3-1)16-24-21-10-6-17(7-11-21)14-23-13-12-19-8-9-20(15-23)22-19/h1-7,10-11,19-20,22H,8-9,12-16H2. The number of nitrogens with zero attached hydrogens (tertiary/aromatic N) is 1. The maximum Gasteiger partial charge on any atom is 0.119 e. The van der Waals surface area contributed by atoms with Crippen molar-refractivity contribution in [3.05, 3.63) is 65.7 Å². The summed E-state index contributed by atoms with van der Waals surface area (Å²) in [6, 6.07) is 20.4. The van der Waals surface area contributed by atoms with Gasteiger partial charge in [-0.15, -0.1) is 0 Å². The molecule has 2 bridgehead atoms. The van der Waals surface area contributed by atoms with Crippen LogP contribution in [-0.2, 0) is 13.2 Å². The van der Waals surface area contributed by atoms with E-state index in [1.165, 1.54) is 43.5 Å². The van der Waals surface area contributed by atoms with E-state index in [2.05, 4.69) is 46.6 Å². The lowest BCUT2D eigenvalue weighted by molar-refractivity contribution is 0.250. The van der Waals surface area contributed by atoms with Crippen LogP contribution in [0.2, 0.25) is 0 Å². The van der Waals surface area contributed by atoms with Crippen molar-refractivity contribution in [3.63, 3.8) is 0 Å². The summed E-state index contributed by atoms with van der Waals surface area (Å²) in [7, 11) is 0. The Morgan fingerprint density at radius 2 is 1.67 bits per heavy atom. The van der Waals surface area contributed by atoms with Crippen molar-refractivity contribution >= 4 is 0 Å². The lowest BCUT2D eigenvalue weighted by atomic mass is 10.1. The first-order chi connectivity index (χ1) is 11.8. The van der Waals surface area contributed by atoms with E-state index in [1.807, 2.05) is 18.2 Å². The normalized spacial score (nSPS) is 23.8. The van der Waals surface area contributed by atoms with Gasteiger partial charge in [-0.05, 0) is 42.5 Å². The molecule has 24 heavy (non-hydrogen) atoms. The Bertz CT molecular complexity index is 641. The first-order valence-corrected chi connectivity index (χ1v) is 9.09. The molecule has 2 aliphatic heterocycles. The molecule has 0 amide bonds. The zero-order valence-electron chi connectivity index (χ0n) is 14.2. The molecule has 0 aliphatic carbocycles. The van der Waals surface area contributed by atoms with Crippen molar-refractivity contribution < 1.29 is 4.74 Å². The molecule has 2 heterocycles. The van der Waals surface area contributed by atoms with Crippen LogP contribution in [0.3, 0.4) is 0 Å². The average Bonchev–Trinajstić information content (AvgIpc) is 2.97. The van der Waals surface area contributed by atoms with Crippen molar-refractivity contribution in [3.8, 4) is 5.75 Å². The second-order valence-electron chi connectivity index (χ2n) is 7.08. The molecule has 0 radical (unpaired) electrons. The summed E-state index contributed by atoms with van der Waals surface area (Å²) in [4.78, 5) is 2.59. The molecule has 2 atom stereocenters. The highest BCUT2D eigenvalue weighted by atomic mass is 16.5. The Balaban J connectivity index is 1.30. The summed E-state index contributed by atoms with van der Waals surface area (Å²) in [5.41, 5.74) is 2.58. The van der Waals surface area contributed by atoms with Crippen LogP contribution in [0.4, 0.5) is 0 Å². The molecule has 3 heteroatoms. The molecule has 0 aromatic heterocycles. The van der Waals surface area contributed by atoms with Gasteiger partial charge >= 0.3 is 0 Å².